The molecule has 1 aliphatic rings. The lowest BCUT2D eigenvalue weighted by Gasteiger charge is -2.29. The van der Waals surface area contributed by atoms with Crippen molar-refractivity contribution in [3.05, 3.63) is 71.8 Å². The number of nitrogens with zero attached hydrogens (tertiary/aromatic N) is 1. The molecule has 0 N–H and O–H groups in total. The third-order valence-electron chi connectivity index (χ3n) is 4.54. The molecule has 4 nitrogen and oxygen atoms in total. The molecule has 1 aliphatic heterocycles. The summed E-state index contributed by atoms with van der Waals surface area (Å²) in [7, 11) is 1.77. The number of carbonyl (C=O) groups is 1. The van der Waals surface area contributed by atoms with Crippen LogP contribution in [0.4, 0.5) is 0 Å². The fraction of sp³-hybridized carbons (Fsp3) is 0.350. The van der Waals surface area contributed by atoms with Crippen molar-refractivity contribution in [3.8, 4) is 0 Å². The minimum absolute atomic E-state index is 0.0771. The van der Waals surface area contributed by atoms with Crippen LogP contribution in [0.1, 0.15) is 25.0 Å². The molecule has 0 saturated carbocycles. The van der Waals surface area contributed by atoms with E-state index in [1.54, 1.807) is 11.9 Å². The summed E-state index contributed by atoms with van der Waals surface area (Å²) in [6.45, 7) is 4.41. The summed E-state index contributed by atoms with van der Waals surface area (Å²) < 4.78 is 12.1. The minimum Gasteiger partial charge on any atom is -0.373 e. The van der Waals surface area contributed by atoms with E-state index in [0.29, 0.717) is 6.61 Å². The van der Waals surface area contributed by atoms with Crippen molar-refractivity contribution in [2.45, 2.75) is 31.8 Å². The van der Waals surface area contributed by atoms with Gasteiger partial charge in [0.1, 0.15) is 5.72 Å². The Labute approximate surface area is 143 Å². The summed E-state index contributed by atoms with van der Waals surface area (Å²) in [5, 5.41) is 0. The molecule has 1 amide bonds. The summed E-state index contributed by atoms with van der Waals surface area (Å²) in [6.07, 6.45) is 0. The number of hydrogen-bond donors (Lipinski definition) is 0. The van der Waals surface area contributed by atoms with Crippen molar-refractivity contribution in [1.29, 1.82) is 0 Å². The molecule has 1 heterocycles. The summed E-state index contributed by atoms with van der Waals surface area (Å²) >= 11 is 0. The predicted octanol–water partition coefficient (Wildman–Crippen LogP) is 3.32. The van der Waals surface area contributed by atoms with Crippen LogP contribution in [-0.2, 0) is 26.5 Å². The van der Waals surface area contributed by atoms with Crippen LogP contribution in [0.15, 0.2) is 60.7 Å². The molecule has 1 atom stereocenters. The second kappa shape index (κ2) is 6.38. The number of benzene rings is 2. The Kier molecular flexibility index (Phi) is 4.43. The maximum atomic E-state index is 13.0. The average molecular weight is 325 g/mol. The standard InChI is InChI=1S/C20H23NO3/c1-19(2)21(3)18(22)20(24-19,17-12-8-5-9-13-17)15-23-14-16-10-6-4-7-11-16/h4-13H,14-15H2,1-3H3. The Morgan fingerprint density at radius 1 is 1.00 bits per heavy atom. The van der Waals surface area contributed by atoms with E-state index in [0.717, 1.165) is 11.1 Å². The lowest BCUT2D eigenvalue weighted by atomic mass is 9.94. The maximum absolute atomic E-state index is 13.0. The third-order valence-corrected chi connectivity index (χ3v) is 4.54. The third kappa shape index (κ3) is 2.95. The lowest BCUT2D eigenvalue weighted by Crippen LogP contribution is -2.41. The van der Waals surface area contributed by atoms with Crippen LogP contribution in [0.25, 0.3) is 0 Å². The molecule has 1 fully saturated rings. The van der Waals surface area contributed by atoms with Crippen molar-refractivity contribution in [3.63, 3.8) is 0 Å². The molecule has 0 radical (unpaired) electrons. The second-order valence-electron chi connectivity index (χ2n) is 6.58. The first-order chi connectivity index (χ1) is 11.5. The van der Waals surface area contributed by atoms with Gasteiger partial charge < -0.3 is 14.4 Å². The Morgan fingerprint density at radius 3 is 2.12 bits per heavy atom. The smallest absolute Gasteiger partial charge is 0.264 e. The van der Waals surface area contributed by atoms with E-state index in [1.807, 2.05) is 74.5 Å². The first-order valence-corrected chi connectivity index (χ1v) is 8.11. The molecule has 2 aromatic rings. The van der Waals surface area contributed by atoms with Gasteiger partial charge in [-0.15, -0.1) is 0 Å². The van der Waals surface area contributed by atoms with Crippen molar-refractivity contribution in [2.24, 2.45) is 0 Å². The van der Waals surface area contributed by atoms with Gasteiger partial charge in [0, 0.05) is 7.05 Å². The highest BCUT2D eigenvalue weighted by Crippen LogP contribution is 2.41. The highest BCUT2D eigenvalue weighted by atomic mass is 16.6. The molecule has 126 valence electrons. The van der Waals surface area contributed by atoms with Crippen LogP contribution in [0.5, 0.6) is 0 Å². The molecule has 1 saturated heterocycles. The van der Waals surface area contributed by atoms with Gasteiger partial charge in [0.2, 0.25) is 0 Å². The van der Waals surface area contributed by atoms with Crippen molar-refractivity contribution >= 4 is 5.91 Å². The zero-order valence-corrected chi connectivity index (χ0v) is 14.4. The van der Waals surface area contributed by atoms with E-state index in [9.17, 15) is 4.79 Å². The number of rotatable bonds is 5. The SMILES string of the molecule is CN1C(=O)C(COCc2ccccc2)(c2ccccc2)OC1(C)C. The monoisotopic (exact) mass is 325 g/mol. The summed E-state index contributed by atoms with van der Waals surface area (Å²) in [5.41, 5.74) is 0.108. The second-order valence-corrected chi connectivity index (χ2v) is 6.58. The molecule has 2 aromatic carbocycles. The van der Waals surface area contributed by atoms with E-state index >= 15 is 0 Å². The van der Waals surface area contributed by atoms with E-state index in [4.69, 9.17) is 9.47 Å². The lowest BCUT2D eigenvalue weighted by molar-refractivity contribution is -0.155. The predicted molar refractivity (Wildman–Crippen MR) is 92.2 cm³/mol. The van der Waals surface area contributed by atoms with Crippen molar-refractivity contribution < 1.29 is 14.3 Å². The van der Waals surface area contributed by atoms with Gasteiger partial charge in [0.25, 0.3) is 5.91 Å². The Morgan fingerprint density at radius 2 is 1.58 bits per heavy atom. The first-order valence-electron chi connectivity index (χ1n) is 8.11. The molecule has 0 aromatic heterocycles. The molecule has 1 unspecified atom stereocenters. The van der Waals surface area contributed by atoms with E-state index in [-0.39, 0.29) is 12.5 Å². The van der Waals surface area contributed by atoms with E-state index in [2.05, 4.69) is 0 Å². The highest BCUT2D eigenvalue weighted by molar-refractivity contribution is 5.89. The number of amides is 1. The fourth-order valence-corrected chi connectivity index (χ4v) is 3.01. The topological polar surface area (TPSA) is 38.8 Å². The largest absolute Gasteiger partial charge is 0.373 e. The Bertz CT molecular complexity index is 699. The van der Waals surface area contributed by atoms with Crippen LogP contribution in [-0.4, -0.2) is 30.2 Å². The van der Waals surface area contributed by atoms with Gasteiger partial charge in [-0.05, 0) is 25.0 Å². The van der Waals surface area contributed by atoms with Crippen LogP contribution in [0, 0.1) is 0 Å². The molecule has 3 rings (SSSR count). The normalized spacial score (nSPS) is 22.8. The van der Waals surface area contributed by atoms with Gasteiger partial charge in [-0.25, -0.2) is 0 Å². The van der Waals surface area contributed by atoms with E-state index < -0.39 is 11.3 Å². The number of hydrogen-bond acceptors (Lipinski definition) is 3. The van der Waals surface area contributed by atoms with Gasteiger partial charge in [-0.3, -0.25) is 4.79 Å². The summed E-state index contributed by atoms with van der Waals surface area (Å²) in [4.78, 5) is 14.7. The van der Waals surface area contributed by atoms with Crippen molar-refractivity contribution in [1.82, 2.24) is 4.90 Å². The first kappa shape index (κ1) is 16.7. The van der Waals surface area contributed by atoms with Crippen LogP contribution >= 0.6 is 0 Å². The number of ether oxygens (including phenoxy) is 2. The van der Waals surface area contributed by atoms with Gasteiger partial charge >= 0.3 is 0 Å². The maximum Gasteiger partial charge on any atom is 0.264 e. The summed E-state index contributed by atoms with van der Waals surface area (Å²) in [6, 6.07) is 19.5. The zero-order chi connectivity index (χ0) is 17.2. The molecule has 0 spiro atoms. The van der Waals surface area contributed by atoms with Crippen LogP contribution in [0.2, 0.25) is 0 Å². The average Bonchev–Trinajstić information content (AvgIpc) is 2.78. The Hall–Kier alpha value is -2.17. The molecular weight excluding hydrogens is 302 g/mol. The molecular formula is C20H23NO3. The van der Waals surface area contributed by atoms with Gasteiger partial charge in [-0.1, -0.05) is 60.7 Å². The minimum atomic E-state index is -1.10. The molecule has 0 bridgehead atoms. The zero-order valence-electron chi connectivity index (χ0n) is 14.4. The quantitative estimate of drug-likeness (QED) is 0.846. The van der Waals surface area contributed by atoms with E-state index in [1.165, 1.54) is 0 Å². The number of carbonyl (C=O) groups excluding carboxylic acids is 1. The highest BCUT2D eigenvalue weighted by Gasteiger charge is 2.56. The summed E-state index contributed by atoms with van der Waals surface area (Å²) in [5.74, 6) is -0.0771. The molecule has 24 heavy (non-hydrogen) atoms. The molecule has 0 aliphatic carbocycles. The fourth-order valence-electron chi connectivity index (χ4n) is 3.01. The van der Waals surface area contributed by atoms with Crippen LogP contribution < -0.4 is 0 Å². The Balaban J connectivity index is 1.85. The van der Waals surface area contributed by atoms with Crippen molar-refractivity contribution in [2.75, 3.05) is 13.7 Å². The van der Waals surface area contributed by atoms with Gasteiger partial charge in [0.05, 0.1) is 13.2 Å². The number of likely N-dealkylation sites (N-methyl/N-ethyl adjacent to an activating group) is 1. The molecule has 4 heteroatoms. The van der Waals surface area contributed by atoms with Gasteiger partial charge in [0.15, 0.2) is 5.60 Å². The van der Waals surface area contributed by atoms with Gasteiger partial charge in [-0.2, -0.15) is 0 Å². The van der Waals surface area contributed by atoms with Crippen LogP contribution in [0.3, 0.4) is 0 Å².